The highest BCUT2D eigenvalue weighted by atomic mass is 16.3. The highest BCUT2D eigenvalue weighted by Crippen LogP contribution is 2.27. The summed E-state index contributed by atoms with van der Waals surface area (Å²) in [5, 5.41) is 12.5. The van der Waals surface area contributed by atoms with E-state index in [1.165, 1.54) is 0 Å². The Morgan fingerprint density at radius 3 is 2.23 bits per heavy atom. The average molecular weight is 185 g/mol. The van der Waals surface area contributed by atoms with Crippen molar-refractivity contribution in [2.45, 2.75) is 27.2 Å². The van der Waals surface area contributed by atoms with Crippen molar-refractivity contribution in [3.05, 3.63) is 12.3 Å². The van der Waals surface area contributed by atoms with E-state index in [0.717, 1.165) is 13.0 Å². The quantitative estimate of drug-likeness (QED) is 0.623. The fourth-order valence-corrected chi connectivity index (χ4v) is 1.72. The predicted octanol–water partition coefficient (Wildman–Crippen LogP) is 2.58. The number of aliphatic hydroxyl groups is 1. The van der Waals surface area contributed by atoms with Crippen LogP contribution >= 0.6 is 0 Å². The number of rotatable bonds is 6. The van der Waals surface area contributed by atoms with Crippen LogP contribution in [0.3, 0.4) is 0 Å². The van der Waals surface area contributed by atoms with Crippen molar-refractivity contribution < 1.29 is 5.11 Å². The molecule has 0 aromatic carbocycles. The highest BCUT2D eigenvalue weighted by molar-refractivity contribution is 4.90. The monoisotopic (exact) mass is 185 g/mol. The molecule has 0 radical (unpaired) electrons. The van der Waals surface area contributed by atoms with Crippen LogP contribution in [0.2, 0.25) is 0 Å². The van der Waals surface area contributed by atoms with E-state index in [1.807, 2.05) is 14.0 Å². The number of hydrogen-bond acceptors (Lipinski definition) is 2. The number of aliphatic hydroxyl groups excluding tert-OH is 1. The Hall–Kier alpha value is -0.500. The first-order valence-corrected chi connectivity index (χ1v) is 5.03. The second-order valence-corrected chi connectivity index (χ2v) is 4.08. The molecule has 2 heteroatoms. The number of nitrogens with one attached hydrogen (secondary N) is 1. The lowest BCUT2D eigenvalue weighted by molar-refractivity contribution is 0.218. The van der Waals surface area contributed by atoms with E-state index in [0.29, 0.717) is 17.6 Å². The SMILES string of the molecule is C=C(O)C(C)C(CCNC)C(C)C. The van der Waals surface area contributed by atoms with Gasteiger partial charge in [-0.2, -0.15) is 0 Å². The van der Waals surface area contributed by atoms with Crippen LogP contribution in [0.15, 0.2) is 12.3 Å². The third-order valence-corrected chi connectivity index (χ3v) is 2.75. The van der Waals surface area contributed by atoms with E-state index in [1.54, 1.807) is 0 Å². The Balaban J connectivity index is 4.15. The molecule has 0 fully saturated rings. The molecule has 0 aliphatic carbocycles. The summed E-state index contributed by atoms with van der Waals surface area (Å²) in [5.41, 5.74) is 0. The molecule has 2 atom stereocenters. The molecule has 0 aliphatic rings. The zero-order valence-corrected chi connectivity index (χ0v) is 9.30. The molecule has 13 heavy (non-hydrogen) atoms. The third-order valence-electron chi connectivity index (χ3n) is 2.75. The van der Waals surface area contributed by atoms with Crippen molar-refractivity contribution in [1.29, 1.82) is 0 Å². The van der Waals surface area contributed by atoms with Crippen LogP contribution in [-0.2, 0) is 0 Å². The smallest absolute Gasteiger partial charge is 0.0882 e. The molecule has 78 valence electrons. The van der Waals surface area contributed by atoms with Crippen molar-refractivity contribution in [1.82, 2.24) is 5.32 Å². The predicted molar refractivity (Wildman–Crippen MR) is 57.8 cm³/mol. The van der Waals surface area contributed by atoms with Crippen LogP contribution in [0.4, 0.5) is 0 Å². The summed E-state index contributed by atoms with van der Waals surface area (Å²) < 4.78 is 0. The van der Waals surface area contributed by atoms with Gasteiger partial charge in [-0.05, 0) is 31.8 Å². The summed E-state index contributed by atoms with van der Waals surface area (Å²) in [7, 11) is 1.95. The molecule has 0 aromatic rings. The molecular formula is C11H23NO. The van der Waals surface area contributed by atoms with Crippen LogP contribution in [-0.4, -0.2) is 18.7 Å². The Morgan fingerprint density at radius 2 is 1.92 bits per heavy atom. The lowest BCUT2D eigenvalue weighted by atomic mass is 9.81. The number of hydrogen-bond donors (Lipinski definition) is 2. The Morgan fingerprint density at radius 1 is 1.38 bits per heavy atom. The third kappa shape index (κ3) is 4.32. The number of allylic oxidation sites excluding steroid dienone is 1. The molecule has 0 spiro atoms. The van der Waals surface area contributed by atoms with E-state index in [-0.39, 0.29) is 5.92 Å². The Kier molecular flexibility index (Phi) is 5.80. The minimum atomic E-state index is 0.202. The summed E-state index contributed by atoms with van der Waals surface area (Å²) >= 11 is 0. The first-order chi connectivity index (χ1) is 6.00. The van der Waals surface area contributed by atoms with Crippen molar-refractivity contribution in [2.24, 2.45) is 17.8 Å². The first-order valence-electron chi connectivity index (χ1n) is 5.03. The molecule has 2 N–H and O–H groups in total. The van der Waals surface area contributed by atoms with Gasteiger partial charge in [0.2, 0.25) is 0 Å². The second kappa shape index (κ2) is 6.03. The molecule has 0 heterocycles. The van der Waals surface area contributed by atoms with E-state index < -0.39 is 0 Å². The average Bonchev–Trinajstić information content (AvgIpc) is 2.04. The maximum atomic E-state index is 9.32. The van der Waals surface area contributed by atoms with Gasteiger partial charge in [0, 0.05) is 5.92 Å². The van der Waals surface area contributed by atoms with Gasteiger partial charge in [-0.15, -0.1) is 0 Å². The van der Waals surface area contributed by atoms with Crippen molar-refractivity contribution in [3.63, 3.8) is 0 Å². The van der Waals surface area contributed by atoms with Crippen LogP contribution in [0.25, 0.3) is 0 Å². The molecule has 2 nitrogen and oxygen atoms in total. The lowest BCUT2D eigenvalue weighted by Crippen LogP contribution is -2.23. The molecule has 0 rings (SSSR count). The van der Waals surface area contributed by atoms with Gasteiger partial charge in [0.15, 0.2) is 0 Å². The molecule has 0 saturated heterocycles. The molecule has 0 aliphatic heterocycles. The van der Waals surface area contributed by atoms with E-state index >= 15 is 0 Å². The fourth-order valence-electron chi connectivity index (χ4n) is 1.72. The second-order valence-electron chi connectivity index (χ2n) is 4.08. The van der Waals surface area contributed by atoms with Gasteiger partial charge in [0.05, 0.1) is 5.76 Å². The summed E-state index contributed by atoms with van der Waals surface area (Å²) in [6.45, 7) is 11.0. The van der Waals surface area contributed by atoms with Gasteiger partial charge in [0.25, 0.3) is 0 Å². The Labute approximate surface area is 82.0 Å². The van der Waals surface area contributed by atoms with Gasteiger partial charge in [0.1, 0.15) is 0 Å². The van der Waals surface area contributed by atoms with Crippen molar-refractivity contribution >= 4 is 0 Å². The first kappa shape index (κ1) is 12.5. The van der Waals surface area contributed by atoms with Gasteiger partial charge in [-0.25, -0.2) is 0 Å². The summed E-state index contributed by atoms with van der Waals surface area (Å²) in [5.74, 6) is 1.63. The summed E-state index contributed by atoms with van der Waals surface area (Å²) in [4.78, 5) is 0. The highest BCUT2D eigenvalue weighted by Gasteiger charge is 2.22. The van der Waals surface area contributed by atoms with Gasteiger partial charge in [-0.1, -0.05) is 27.4 Å². The Bertz CT molecular complexity index is 154. The summed E-state index contributed by atoms with van der Waals surface area (Å²) in [6, 6.07) is 0. The maximum Gasteiger partial charge on any atom is 0.0882 e. The zero-order valence-electron chi connectivity index (χ0n) is 9.30. The fraction of sp³-hybridized carbons (Fsp3) is 0.818. The van der Waals surface area contributed by atoms with Gasteiger partial charge < -0.3 is 10.4 Å². The minimum Gasteiger partial charge on any atom is -0.513 e. The molecule has 2 unspecified atom stereocenters. The van der Waals surface area contributed by atoms with Gasteiger partial charge >= 0.3 is 0 Å². The lowest BCUT2D eigenvalue weighted by Gasteiger charge is -2.26. The van der Waals surface area contributed by atoms with Crippen molar-refractivity contribution in [3.8, 4) is 0 Å². The van der Waals surface area contributed by atoms with Gasteiger partial charge in [-0.3, -0.25) is 0 Å². The van der Waals surface area contributed by atoms with Crippen LogP contribution in [0.1, 0.15) is 27.2 Å². The molecule has 0 bridgehead atoms. The van der Waals surface area contributed by atoms with Crippen LogP contribution in [0.5, 0.6) is 0 Å². The molecule has 0 saturated carbocycles. The largest absolute Gasteiger partial charge is 0.513 e. The summed E-state index contributed by atoms with van der Waals surface area (Å²) in [6.07, 6.45) is 1.09. The molecule has 0 amide bonds. The van der Waals surface area contributed by atoms with Crippen LogP contribution in [0, 0.1) is 17.8 Å². The molecule has 0 aromatic heterocycles. The zero-order chi connectivity index (χ0) is 10.4. The topological polar surface area (TPSA) is 32.3 Å². The van der Waals surface area contributed by atoms with Crippen LogP contribution < -0.4 is 5.32 Å². The standard InChI is InChI=1S/C11H23NO/c1-8(2)11(6-7-12-5)9(3)10(4)13/h8-9,11-13H,4,6-7H2,1-3,5H3. The van der Waals surface area contributed by atoms with E-state index in [4.69, 9.17) is 0 Å². The maximum absolute atomic E-state index is 9.32. The van der Waals surface area contributed by atoms with E-state index in [2.05, 4.69) is 25.7 Å². The minimum absolute atomic E-state index is 0.202. The normalized spacial score (nSPS) is 15.8. The molecular weight excluding hydrogens is 162 g/mol. The van der Waals surface area contributed by atoms with Crippen molar-refractivity contribution in [2.75, 3.05) is 13.6 Å². The van der Waals surface area contributed by atoms with E-state index in [9.17, 15) is 5.11 Å².